The quantitative estimate of drug-likeness (QED) is 0.393. The zero-order chi connectivity index (χ0) is 23.4. The fraction of sp³-hybridized carbons (Fsp3) is 0.273. The van der Waals surface area contributed by atoms with Gasteiger partial charge >= 0.3 is 5.97 Å². The van der Waals surface area contributed by atoms with Gasteiger partial charge < -0.3 is 10.0 Å². The molecule has 0 radical (unpaired) electrons. The van der Waals surface area contributed by atoms with Gasteiger partial charge in [0.1, 0.15) is 15.5 Å². The number of nitro benzene ring substituents is 1. The topological polar surface area (TPSA) is 96.0 Å². The minimum Gasteiger partial charge on any atom is -0.477 e. The number of benzene rings is 2. The van der Waals surface area contributed by atoms with Crippen molar-refractivity contribution in [3.63, 3.8) is 0 Å². The summed E-state index contributed by atoms with van der Waals surface area (Å²) in [6, 6.07) is 11.5. The molecule has 0 amide bonds. The number of hydrogen-bond donors (Lipinski definition) is 1. The summed E-state index contributed by atoms with van der Waals surface area (Å²) in [5.41, 5.74) is 0.990. The van der Waals surface area contributed by atoms with Gasteiger partial charge in [-0.1, -0.05) is 55.2 Å². The normalized spacial score (nSPS) is 22.4. The molecule has 0 bridgehead atoms. The Morgan fingerprint density at radius 2 is 1.91 bits per heavy atom. The highest BCUT2D eigenvalue weighted by Gasteiger charge is 2.53. The largest absolute Gasteiger partial charge is 0.477 e. The molecule has 0 fully saturated rings. The zero-order valence-electron chi connectivity index (χ0n) is 17.4. The van der Waals surface area contributed by atoms with Crippen LogP contribution in [0, 0.1) is 16.0 Å². The van der Waals surface area contributed by atoms with E-state index in [2.05, 4.69) is 0 Å². The predicted molar refractivity (Wildman–Crippen MR) is 126 cm³/mol. The number of rotatable bonds is 5. The molecule has 0 aliphatic carbocycles. The van der Waals surface area contributed by atoms with Crippen LogP contribution in [0.5, 0.6) is 0 Å². The van der Waals surface area contributed by atoms with Gasteiger partial charge in [-0.05, 0) is 53.9 Å². The Morgan fingerprint density at radius 1 is 1.25 bits per heavy atom. The minimum atomic E-state index is -1.01. The number of amidine groups is 1. The molecule has 2 aliphatic rings. The summed E-state index contributed by atoms with van der Waals surface area (Å²) in [5.74, 6) is -1.09. The third-order valence-electron chi connectivity index (χ3n) is 5.66. The first-order valence-corrected chi connectivity index (χ1v) is 11.4. The molecular weight excluding hydrogens is 473 g/mol. The van der Waals surface area contributed by atoms with Gasteiger partial charge in [0.2, 0.25) is 0 Å². The van der Waals surface area contributed by atoms with E-state index in [-0.39, 0.29) is 21.5 Å². The number of hydrogen-bond acceptors (Lipinski definition) is 6. The van der Waals surface area contributed by atoms with Gasteiger partial charge in [0.05, 0.1) is 11.0 Å². The van der Waals surface area contributed by atoms with E-state index >= 15 is 0 Å². The highest BCUT2D eigenvalue weighted by atomic mass is 35.5. The lowest BCUT2D eigenvalue weighted by molar-refractivity contribution is -0.384. The zero-order valence-corrected chi connectivity index (χ0v) is 19.7. The molecule has 0 saturated heterocycles. The number of thioether (sulfide) groups is 1. The number of aliphatic carboxylic acids is 1. The summed E-state index contributed by atoms with van der Waals surface area (Å²) in [6.07, 6.45) is 0. The van der Waals surface area contributed by atoms with Crippen LogP contribution in [-0.2, 0) is 10.3 Å². The van der Waals surface area contributed by atoms with Crippen LogP contribution in [0.2, 0.25) is 10.0 Å². The second-order valence-electron chi connectivity index (χ2n) is 8.07. The lowest BCUT2D eigenvalue weighted by Crippen LogP contribution is -2.36. The summed E-state index contributed by atoms with van der Waals surface area (Å²) in [7, 11) is 0. The molecule has 1 N–H and O–H groups in total. The first-order valence-electron chi connectivity index (χ1n) is 9.79. The maximum absolute atomic E-state index is 12.0. The molecule has 4 rings (SSSR count). The number of fused-ring (bicyclic) bond motifs is 1. The lowest BCUT2D eigenvalue weighted by Gasteiger charge is -2.37. The van der Waals surface area contributed by atoms with Crippen molar-refractivity contribution >= 4 is 51.8 Å². The highest BCUT2D eigenvalue weighted by Crippen LogP contribution is 2.56. The van der Waals surface area contributed by atoms with Crippen molar-refractivity contribution in [2.45, 2.75) is 32.4 Å². The Labute approximate surface area is 198 Å². The number of carboxylic acid groups (broad SMARTS) is 1. The maximum atomic E-state index is 12.0. The van der Waals surface area contributed by atoms with Crippen molar-refractivity contribution in [1.82, 2.24) is 4.90 Å². The smallest absolute Gasteiger partial charge is 0.344 e. The van der Waals surface area contributed by atoms with E-state index in [0.717, 1.165) is 17.3 Å². The van der Waals surface area contributed by atoms with Crippen molar-refractivity contribution in [2.24, 2.45) is 10.9 Å². The molecule has 2 heterocycles. The van der Waals surface area contributed by atoms with Crippen LogP contribution in [0.3, 0.4) is 0 Å². The average molecular weight is 492 g/mol. The van der Waals surface area contributed by atoms with Gasteiger partial charge in [-0.2, -0.15) is 0 Å². The molecular formula is C22H19Cl2N3O4S. The Balaban J connectivity index is 1.95. The Morgan fingerprint density at radius 3 is 2.47 bits per heavy atom. The molecule has 32 heavy (non-hydrogen) atoms. The summed E-state index contributed by atoms with van der Waals surface area (Å²) in [4.78, 5) is 30.1. The first kappa shape index (κ1) is 22.6. The Kier molecular flexibility index (Phi) is 5.73. The third-order valence-corrected chi connectivity index (χ3v) is 7.29. The van der Waals surface area contributed by atoms with Crippen LogP contribution < -0.4 is 0 Å². The van der Waals surface area contributed by atoms with Crippen molar-refractivity contribution in [2.75, 3.05) is 0 Å². The number of carboxylic acids is 1. The minimum absolute atomic E-state index is 0.0434. The number of allylic oxidation sites excluding steroid dienone is 1. The second kappa shape index (κ2) is 8.10. The molecule has 2 atom stereocenters. The van der Waals surface area contributed by atoms with E-state index in [1.807, 2.05) is 37.8 Å². The monoisotopic (exact) mass is 491 g/mol. The number of halogens is 2. The van der Waals surface area contributed by atoms with E-state index < -0.39 is 22.5 Å². The van der Waals surface area contributed by atoms with Crippen LogP contribution in [0.15, 0.2) is 58.1 Å². The molecule has 0 unspecified atom stereocenters. The van der Waals surface area contributed by atoms with E-state index in [9.17, 15) is 20.0 Å². The molecule has 2 aromatic carbocycles. The number of nitro groups is 1. The Bertz CT molecular complexity index is 1200. The second-order valence-corrected chi connectivity index (χ2v) is 9.89. The van der Waals surface area contributed by atoms with E-state index in [0.29, 0.717) is 21.5 Å². The predicted octanol–water partition coefficient (Wildman–Crippen LogP) is 6.23. The number of nitrogens with zero attached hydrogens (tertiary/aromatic N) is 3. The van der Waals surface area contributed by atoms with Crippen LogP contribution in [0.4, 0.5) is 5.69 Å². The van der Waals surface area contributed by atoms with Crippen LogP contribution >= 0.6 is 35.0 Å². The lowest BCUT2D eigenvalue weighted by atomic mass is 9.81. The standard InChI is InChI=1S/C22H19Cl2N3O4S/c1-11(2)17-18(20(28)29)32-21-25-22(3,13-6-9-15(24)16(10-13)27(30)31)19(26(17)21)12-4-7-14(23)8-5-12/h4-11,19H,1-3H3,(H,28,29)/t19-,22+/m1/s1. The van der Waals surface area contributed by atoms with Gasteiger partial charge in [-0.25, -0.2) is 9.79 Å². The van der Waals surface area contributed by atoms with Gasteiger partial charge in [-0.3, -0.25) is 10.1 Å². The summed E-state index contributed by atoms with van der Waals surface area (Å²) in [6.45, 7) is 5.76. The van der Waals surface area contributed by atoms with Gasteiger partial charge in [0, 0.05) is 16.8 Å². The van der Waals surface area contributed by atoms with E-state index in [4.69, 9.17) is 28.2 Å². The van der Waals surface area contributed by atoms with Crippen LogP contribution in [-0.4, -0.2) is 26.1 Å². The average Bonchev–Trinajstić information content (AvgIpc) is 3.21. The van der Waals surface area contributed by atoms with Crippen molar-refractivity contribution in [3.8, 4) is 0 Å². The molecule has 0 spiro atoms. The van der Waals surface area contributed by atoms with Crippen molar-refractivity contribution in [1.29, 1.82) is 0 Å². The SMILES string of the molecule is CC(C)C1=C(C(=O)O)SC2=N[C@@](C)(c3ccc(Cl)c([N+](=O)[O-])c3)[C@@H](c3ccc(Cl)cc3)N21. The third kappa shape index (κ3) is 3.56. The van der Waals surface area contributed by atoms with Gasteiger partial charge in [-0.15, -0.1) is 0 Å². The van der Waals surface area contributed by atoms with Gasteiger partial charge in [0.15, 0.2) is 5.17 Å². The van der Waals surface area contributed by atoms with Gasteiger partial charge in [0.25, 0.3) is 5.69 Å². The number of aliphatic imine (C=N–C) groups is 1. The van der Waals surface area contributed by atoms with Crippen molar-refractivity contribution in [3.05, 3.63) is 84.4 Å². The summed E-state index contributed by atoms with van der Waals surface area (Å²) >= 11 is 13.3. The van der Waals surface area contributed by atoms with Crippen LogP contribution in [0.1, 0.15) is 37.9 Å². The molecule has 166 valence electrons. The molecule has 2 aromatic rings. The first-order chi connectivity index (χ1) is 15.0. The van der Waals surface area contributed by atoms with E-state index in [1.165, 1.54) is 12.1 Å². The van der Waals surface area contributed by atoms with Crippen LogP contribution in [0.25, 0.3) is 0 Å². The molecule has 0 saturated carbocycles. The van der Waals surface area contributed by atoms with Crippen molar-refractivity contribution < 1.29 is 14.8 Å². The fourth-order valence-electron chi connectivity index (χ4n) is 4.24. The number of carbonyl (C=O) groups is 1. The summed E-state index contributed by atoms with van der Waals surface area (Å²) < 4.78 is 0. The fourth-order valence-corrected chi connectivity index (χ4v) is 5.80. The highest BCUT2D eigenvalue weighted by molar-refractivity contribution is 8.18. The molecule has 7 nitrogen and oxygen atoms in total. The van der Waals surface area contributed by atoms with E-state index in [1.54, 1.807) is 18.2 Å². The molecule has 2 aliphatic heterocycles. The molecule has 10 heteroatoms. The maximum Gasteiger partial charge on any atom is 0.344 e. The molecule has 0 aromatic heterocycles. The summed E-state index contributed by atoms with van der Waals surface area (Å²) in [5, 5.41) is 22.5. The Hall–Kier alpha value is -2.55.